The molecule has 0 aromatic heterocycles. The average molecular weight is 398 g/mol. The van der Waals surface area contributed by atoms with Crippen LogP contribution in [0.1, 0.15) is 11.1 Å². The number of rotatable bonds is 5. The molecule has 6 nitrogen and oxygen atoms in total. The van der Waals surface area contributed by atoms with E-state index in [0.717, 1.165) is 37.3 Å². The molecule has 0 unspecified atom stereocenters. The van der Waals surface area contributed by atoms with E-state index >= 15 is 0 Å². The first-order valence-electron chi connectivity index (χ1n) is 9.83. The quantitative estimate of drug-likeness (QED) is 0.759. The highest BCUT2D eigenvalue weighted by Crippen LogP contribution is 2.20. The lowest BCUT2D eigenvalue weighted by atomic mass is 10.1. The second kappa shape index (κ2) is 9.52. The number of amides is 2. The summed E-state index contributed by atoms with van der Waals surface area (Å²) in [6, 6.07) is 12.4. The van der Waals surface area contributed by atoms with Gasteiger partial charge in [-0.1, -0.05) is 24.3 Å². The van der Waals surface area contributed by atoms with E-state index in [2.05, 4.69) is 15.5 Å². The molecule has 0 saturated carbocycles. The molecule has 0 radical (unpaired) electrons. The number of halogens is 1. The molecule has 3 rings (SSSR count). The number of carbonyl (C=O) groups is 2. The number of hydrogen-bond donors (Lipinski definition) is 2. The lowest BCUT2D eigenvalue weighted by Gasteiger charge is -2.36. The van der Waals surface area contributed by atoms with Gasteiger partial charge in [0.05, 0.1) is 5.69 Å². The summed E-state index contributed by atoms with van der Waals surface area (Å²) in [4.78, 5) is 28.4. The summed E-state index contributed by atoms with van der Waals surface area (Å²) in [6.45, 7) is 7.90. The van der Waals surface area contributed by atoms with Crippen LogP contribution in [-0.2, 0) is 9.59 Å². The Bertz CT molecular complexity index is 879. The number of piperazine rings is 1. The summed E-state index contributed by atoms with van der Waals surface area (Å²) >= 11 is 0. The van der Waals surface area contributed by atoms with Crippen molar-refractivity contribution < 1.29 is 14.0 Å². The molecule has 7 heteroatoms. The molecule has 0 atom stereocenters. The summed E-state index contributed by atoms with van der Waals surface area (Å²) in [7, 11) is 0. The number of benzene rings is 2. The summed E-state index contributed by atoms with van der Waals surface area (Å²) in [5.74, 6) is -1.51. The average Bonchev–Trinajstić information content (AvgIpc) is 2.72. The minimum atomic E-state index is -0.664. The normalized spacial score (nSPS) is 14.5. The second-order valence-corrected chi connectivity index (χ2v) is 7.24. The van der Waals surface area contributed by atoms with Gasteiger partial charge < -0.3 is 15.5 Å². The first-order chi connectivity index (χ1) is 14.0. The predicted octanol–water partition coefficient (Wildman–Crippen LogP) is 2.32. The van der Waals surface area contributed by atoms with Gasteiger partial charge in [0.25, 0.3) is 0 Å². The third-order valence-electron chi connectivity index (χ3n) is 5.34. The third kappa shape index (κ3) is 5.32. The van der Waals surface area contributed by atoms with Gasteiger partial charge in [-0.15, -0.1) is 0 Å². The Morgan fingerprint density at radius 3 is 2.41 bits per heavy atom. The van der Waals surface area contributed by atoms with Crippen molar-refractivity contribution in [2.24, 2.45) is 0 Å². The van der Waals surface area contributed by atoms with Crippen LogP contribution in [0.2, 0.25) is 0 Å². The number of carbonyl (C=O) groups excluding carboxylic acids is 2. The smallest absolute Gasteiger partial charge is 0.313 e. The third-order valence-corrected chi connectivity index (χ3v) is 5.34. The number of hydrogen-bond acceptors (Lipinski definition) is 4. The van der Waals surface area contributed by atoms with Gasteiger partial charge in [0.1, 0.15) is 5.82 Å². The van der Waals surface area contributed by atoms with Gasteiger partial charge >= 0.3 is 11.8 Å². The van der Waals surface area contributed by atoms with Gasteiger partial charge in [-0.25, -0.2) is 4.39 Å². The topological polar surface area (TPSA) is 64.7 Å². The fourth-order valence-corrected chi connectivity index (χ4v) is 3.39. The Morgan fingerprint density at radius 1 is 0.966 bits per heavy atom. The van der Waals surface area contributed by atoms with Crippen molar-refractivity contribution in [1.29, 1.82) is 0 Å². The van der Waals surface area contributed by atoms with Gasteiger partial charge in [0, 0.05) is 45.0 Å². The van der Waals surface area contributed by atoms with E-state index in [4.69, 9.17) is 0 Å². The standard InChI is InChI=1S/C22H27FN4O2/c1-16-6-5-8-19(17(16)2)25-22(29)21(28)24-10-11-26-12-14-27(15-13-26)20-9-4-3-7-18(20)23/h3-9H,10-15H2,1-2H3,(H,24,28)(H,25,29). The van der Waals surface area contributed by atoms with E-state index in [1.165, 1.54) is 6.07 Å². The molecule has 2 N–H and O–H groups in total. The largest absolute Gasteiger partial charge is 0.367 e. The first kappa shape index (κ1) is 20.8. The number of nitrogens with one attached hydrogen (secondary N) is 2. The molecule has 1 saturated heterocycles. The van der Waals surface area contributed by atoms with Crippen LogP contribution < -0.4 is 15.5 Å². The zero-order valence-corrected chi connectivity index (χ0v) is 16.9. The Balaban J connectivity index is 1.40. The number of para-hydroxylation sites is 1. The molecule has 0 aliphatic carbocycles. The van der Waals surface area contributed by atoms with Gasteiger partial charge in [-0.3, -0.25) is 14.5 Å². The second-order valence-electron chi connectivity index (χ2n) is 7.24. The molecule has 154 valence electrons. The molecule has 29 heavy (non-hydrogen) atoms. The van der Waals surface area contributed by atoms with Crippen molar-refractivity contribution in [2.75, 3.05) is 49.5 Å². The molecule has 2 aromatic rings. The number of anilines is 2. The molecule has 0 bridgehead atoms. The van der Waals surface area contributed by atoms with Crippen molar-refractivity contribution in [2.45, 2.75) is 13.8 Å². The Kier molecular flexibility index (Phi) is 6.82. The van der Waals surface area contributed by atoms with E-state index in [0.29, 0.717) is 24.5 Å². The summed E-state index contributed by atoms with van der Waals surface area (Å²) < 4.78 is 13.9. The van der Waals surface area contributed by atoms with Crippen molar-refractivity contribution in [3.8, 4) is 0 Å². The van der Waals surface area contributed by atoms with Gasteiger partial charge in [-0.05, 0) is 43.2 Å². The van der Waals surface area contributed by atoms with E-state index in [1.54, 1.807) is 18.2 Å². The molecule has 1 aliphatic heterocycles. The molecule has 2 amide bonds. The van der Waals surface area contributed by atoms with Crippen LogP contribution in [0.15, 0.2) is 42.5 Å². The maximum atomic E-state index is 13.9. The minimum absolute atomic E-state index is 0.205. The summed E-state index contributed by atoms with van der Waals surface area (Å²) in [5, 5.41) is 5.33. The summed E-state index contributed by atoms with van der Waals surface area (Å²) in [6.07, 6.45) is 0. The zero-order valence-electron chi connectivity index (χ0n) is 16.9. The SMILES string of the molecule is Cc1cccc(NC(=O)C(=O)NCCN2CCN(c3ccccc3F)CC2)c1C. The number of aryl methyl sites for hydroxylation is 1. The predicted molar refractivity (Wildman–Crippen MR) is 113 cm³/mol. The summed E-state index contributed by atoms with van der Waals surface area (Å²) in [5.41, 5.74) is 3.28. The zero-order chi connectivity index (χ0) is 20.8. The van der Waals surface area contributed by atoms with E-state index in [9.17, 15) is 14.0 Å². The molecule has 1 aliphatic rings. The fraction of sp³-hybridized carbons (Fsp3) is 0.364. The van der Waals surface area contributed by atoms with Crippen LogP contribution in [0.4, 0.5) is 15.8 Å². The molecular formula is C22H27FN4O2. The monoisotopic (exact) mass is 398 g/mol. The van der Waals surface area contributed by atoms with Gasteiger partial charge in [0.2, 0.25) is 0 Å². The van der Waals surface area contributed by atoms with Crippen molar-refractivity contribution in [3.63, 3.8) is 0 Å². The van der Waals surface area contributed by atoms with Gasteiger partial charge in [0.15, 0.2) is 0 Å². The highest BCUT2D eigenvalue weighted by atomic mass is 19.1. The van der Waals surface area contributed by atoms with E-state index < -0.39 is 11.8 Å². The molecule has 2 aromatic carbocycles. The molecule has 1 fully saturated rings. The lowest BCUT2D eigenvalue weighted by molar-refractivity contribution is -0.136. The van der Waals surface area contributed by atoms with E-state index in [-0.39, 0.29) is 5.82 Å². The maximum Gasteiger partial charge on any atom is 0.313 e. The van der Waals surface area contributed by atoms with Crippen molar-refractivity contribution in [1.82, 2.24) is 10.2 Å². The minimum Gasteiger partial charge on any atom is -0.367 e. The number of nitrogens with zero attached hydrogens (tertiary/aromatic N) is 2. The van der Waals surface area contributed by atoms with Crippen LogP contribution in [0, 0.1) is 19.7 Å². The molecule has 0 spiro atoms. The van der Waals surface area contributed by atoms with Gasteiger partial charge in [-0.2, -0.15) is 0 Å². The van der Waals surface area contributed by atoms with Crippen LogP contribution in [-0.4, -0.2) is 56.0 Å². The maximum absolute atomic E-state index is 13.9. The highest BCUT2D eigenvalue weighted by molar-refractivity contribution is 6.39. The van der Waals surface area contributed by atoms with Crippen molar-refractivity contribution >= 4 is 23.2 Å². The molecular weight excluding hydrogens is 371 g/mol. The van der Waals surface area contributed by atoms with Crippen molar-refractivity contribution in [3.05, 3.63) is 59.4 Å². The van der Waals surface area contributed by atoms with Crippen LogP contribution in [0.5, 0.6) is 0 Å². The highest BCUT2D eigenvalue weighted by Gasteiger charge is 2.20. The van der Waals surface area contributed by atoms with Crippen LogP contribution >= 0.6 is 0 Å². The Morgan fingerprint density at radius 2 is 1.69 bits per heavy atom. The fourth-order valence-electron chi connectivity index (χ4n) is 3.39. The Hall–Kier alpha value is -2.93. The first-order valence-corrected chi connectivity index (χ1v) is 9.83. The lowest BCUT2D eigenvalue weighted by Crippen LogP contribution is -2.49. The Labute approximate surface area is 170 Å². The van der Waals surface area contributed by atoms with Crippen LogP contribution in [0.3, 0.4) is 0 Å². The van der Waals surface area contributed by atoms with E-state index in [1.807, 2.05) is 36.9 Å². The molecule has 1 heterocycles. The van der Waals surface area contributed by atoms with Crippen LogP contribution in [0.25, 0.3) is 0 Å².